The van der Waals surface area contributed by atoms with Crippen molar-refractivity contribution in [1.29, 1.82) is 0 Å². The van der Waals surface area contributed by atoms with Gasteiger partial charge in [0.15, 0.2) is 0 Å². The Morgan fingerprint density at radius 1 is 0.970 bits per heavy atom. The molecule has 0 spiro atoms. The number of aryl methyl sites for hydroxylation is 1. The normalized spacial score (nSPS) is 11.3. The summed E-state index contributed by atoms with van der Waals surface area (Å²) in [5.41, 5.74) is 9.21. The second-order valence-electron chi connectivity index (χ2n) is 8.06. The van der Waals surface area contributed by atoms with Gasteiger partial charge in [0.05, 0.1) is 21.7 Å². The number of hydrazone groups is 1. The van der Waals surface area contributed by atoms with E-state index >= 15 is 0 Å². The van der Waals surface area contributed by atoms with Gasteiger partial charge in [-0.15, -0.1) is 0 Å². The molecule has 0 aliphatic heterocycles. The maximum Gasteiger partial charge on any atom is 0.269 e. The molecular formula is C26H24N4O2S. The van der Waals surface area contributed by atoms with Crippen molar-refractivity contribution in [3.63, 3.8) is 0 Å². The zero-order valence-corrected chi connectivity index (χ0v) is 19.5. The molecule has 0 fully saturated rings. The molecular weight excluding hydrogens is 432 g/mol. The number of hydrogen-bond acceptors (Lipinski definition) is 6. The number of benzene rings is 3. The van der Waals surface area contributed by atoms with Crippen LogP contribution in [0, 0.1) is 17.0 Å². The molecule has 0 unspecified atom stereocenters. The second-order valence-corrected chi connectivity index (χ2v) is 9.06. The summed E-state index contributed by atoms with van der Waals surface area (Å²) in [7, 11) is 0. The van der Waals surface area contributed by atoms with Gasteiger partial charge in [0.1, 0.15) is 0 Å². The Hall–Kier alpha value is -3.84. The lowest BCUT2D eigenvalue weighted by molar-refractivity contribution is -0.384. The Bertz CT molecular complexity index is 1280. The molecule has 3 aromatic carbocycles. The predicted molar refractivity (Wildman–Crippen MR) is 136 cm³/mol. The van der Waals surface area contributed by atoms with Crippen molar-refractivity contribution < 1.29 is 4.92 Å². The first-order chi connectivity index (χ1) is 15.9. The van der Waals surface area contributed by atoms with Crippen LogP contribution in [0.3, 0.4) is 0 Å². The average Bonchev–Trinajstić information content (AvgIpc) is 3.24. The summed E-state index contributed by atoms with van der Waals surface area (Å²) in [6.45, 7) is 6.38. The number of thiazole rings is 1. The van der Waals surface area contributed by atoms with Crippen LogP contribution in [0.5, 0.6) is 0 Å². The maximum absolute atomic E-state index is 11.0. The number of nitro benzene ring substituents is 1. The molecule has 0 aliphatic rings. The Morgan fingerprint density at radius 3 is 2.21 bits per heavy atom. The summed E-state index contributed by atoms with van der Waals surface area (Å²) < 4.78 is 0. The third-order valence-corrected chi connectivity index (χ3v) is 6.28. The van der Waals surface area contributed by atoms with Gasteiger partial charge in [0.2, 0.25) is 5.13 Å². The highest BCUT2D eigenvalue weighted by molar-refractivity contribution is 7.19. The van der Waals surface area contributed by atoms with Crippen molar-refractivity contribution >= 4 is 28.4 Å². The van der Waals surface area contributed by atoms with Gasteiger partial charge in [0.25, 0.3) is 5.69 Å². The summed E-state index contributed by atoms with van der Waals surface area (Å²) in [5, 5.41) is 16.0. The smallest absolute Gasteiger partial charge is 0.258 e. The molecule has 1 heterocycles. The van der Waals surface area contributed by atoms with Crippen LogP contribution in [0.15, 0.2) is 77.9 Å². The number of anilines is 1. The largest absolute Gasteiger partial charge is 0.269 e. The van der Waals surface area contributed by atoms with Gasteiger partial charge in [-0.3, -0.25) is 15.5 Å². The number of nitrogens with one attached hydrogen (secondary N) is 1. The Balaban J connectivity index is 1.62. The first-order valence-corrected chi connectivity index (χ1v) is 11.4. The van der Waals surface area contributed by atoms with Gasteiger partial charge in [-0.25, -0.2) is 4.98 Å². The quantitative estimate of drug-likeness (QED) is 0.180. The molecule has 0 atom stereocenters. The minimum absolute atomic E-state index is 0.0617. The fraction of sp³-hybridized carbons (Fsp3) is 0.154. The van der Waals surface area contributed by atoms with Crippen LogP contribution in [-0.2, 0) is 0 Å². The highest BCUT2D eigenvalue weighted by atomic mass is 32.1. The van der Waals surface area contributed by atoms with E-state index in [0.29, 0.717) is 11.0 Å². The lowest BCUT2D eigenvalue weighted by Crippen LogP contribution is -1.92. The van der Waals surface area contributed by atoms with E-state index in [1.54, 1.807) is 18.3 Å². The molecule has 33 heavy (non-hydrogen) atoms. The zero-order chi connectivity index (χ0) is 23.4. The van der Waals surface area contributed by atoms with E-state index in [0.717, 1.165) is 32.8 Å². The molecule has 4 rings (SSSR count). The SMILES string of the molecule is Cc1ccc(-c2nc(N/N=C\c3ccc(C(C)C)cc3)sc2-c2ccc([N+](=O)[O-])cc2)cc1. The van der Waals surface area contributed by atoms with Gasteiger partial charge in [0, 0.05) is 17.7 Å². The predicted octanol–water partition coefficient (Wildman–Crippen LogP) is 7.26. The Morgan fingerprint density at radius 2 is 1.61 bits per heavy atom. The van der Waals surface area contributed by atoms with Crippen LogP contribution < -0.4 is 5.43 Å². The molecule has 6 nitrogen and oxygen atoms in total. The highest BCUT2D eigenvalue weighted by Gasteiger charge is 2.16. The lowest BCUT2D eigenvalue weighted by atomic mass is 10.0. The summed E-state index contributed by atoms with van der Waals surface area (Å²) in [5.74, 6) is 0.488. The van der Waals surface area contributed by atoms with Crippen molar-refractivity contribution in [2.75, 3.05) is 5.43 Å². The van der Waals surface area contributed by atoms with Crippen molar-refractivity contribution in [2.24, 2.45) is 5.10 Å². The summed E-state index contributed by atoms with van der Waals surface area (Å²) in [4.78, 5) is 16.3. The first-order valence-electron chi connectivity index (χ1n) is 10.6. The van der Waals surface area contributed by atoms with Gasteiger partial charge in [-0.05, 0) is 41.7 Å². The topological polar surface area (TPSA) is 80.4 Å². The molecule has 1 N–H and O–H groups in total. The molecule has 1 aromatic heterocycles. The van der Waals surface area contributed by atoms with Gasteiger partial charge in [-0.2, -0.15) is 5.10 Å². The van der Waals surface area contributed by atoms with Crippen LogP contribution in [0.25, 0.3) is 21.7 Å². The number of non-ortho nitro benzene ring substituents is 1. The van der Waals surface area contributed by atoms with E-state index in [-0.39, 0.29) is 5.69 Å². The monoisotopic (exact) mass is 456 g/mol. The van der Waals surface area contributed by atoms with Crippen LogP contribution in [0.1, 0.15) is 36.5 Å². The van der Waals surface area contributed by atoms with E-state index in [2.05, 4.69) is 36.5 Å². The molecule has 0 amide bonds. The molecule has 166 valence electrons. The lowest BCUT2D eigenvalue weighted by Gasteiger charge is -2.04. The highest BCUT2D eigenvalue weighted by Crippen LogP contribution is 2.39. The van der Waals surface area contributed by atoms with Crippen molar-refractivity contribution in [1.82, 2.24) is 4.98 Å². The summed E-state index contributed by atoms with van der Waals surface area (Å²) in [6, 6.07) is 23.0. The van der Waals surface area contributed by atoms with E-state index in [1.165, 1.54) is 29.0 Å². The minimum atomic E-state index is -0.396. The third kappa shape index (κ3) is 5.32. The van der Waals surface area contributed by atoms with E-state index < -0.39 is 4.92 Å². The number of nitro groups is 1. The molecule has 0 aliphatic carbocycles. The molecule has 0 bridgehead atoms. The van der Waals surface area contributed by atoms with Crippen LogP contribution >= 0.6 is 11.3 Å². The molecule has 0 saturated heterocycles. The second kappa shape index (κ2) is 9.75. The standard InChI is InChI=1S/C26H24N4O2S/c1-17(2)20-10-6-19(7-11-20)16-27-29-26-28-24(21-8-4-18(3)5-9-21)25(33-26)22-12-14-23(15-13-22)30(31)32/h4-17H,1-3H3,(H,28,29)/b27-16-. The molecule has 4 aromatic rings. The van der Waals surface area contributed by atoms with Gasteiger partial charge >= 0.3 is 0 Å². The molecule has 7 heteroatoms. The third-order valence-electron chi connectivity index (χ3n) is 5.27. The van der Waals surface area contributed by atoms with Crippen molar-refractivity contribution in [3.8, 4) is 21.7 Å². The van der Waals surface area contributed by atoms with Crippen LogP contribution in [0.4, 0.5) is 10.8 Å². The fourth-order valence-corrected chi connectivity index (χ4v) is 4.28. The maximum atomic E-state index is 11.0. The number of hydrogen-bond donors (Lipinski definition) is 1. The number of aromatic nitrogens is 1. The molecule has 0 saturated carbocycles. The van der Waals surface area contributed by atoms with E-state index in [1.807, 2.05) is 43.3 Å². The van der Waals surface area contributed by atoms with Crippen molar-refractivity contribution in [2.45, 2.75) is 26.7 Å². The number of nitrogens with zero attached hydrogens (tertiary/aromatic N) is 3. The van der Waals surface area contributed by atoms with Crippen LogP contribution in [0.2, 0.25) is 0 Å². The molecule has 0 radical (unpaired) electrons. The van der Waals surface area contributed by atoms with Crippen LogP contribution in [-0.4, -0.2) is 16.1 Å². The Labute approximate surface area is 196 Å². The first kappa shape index (κ1) is 22.4. The van der Waals surface area contributed by atoms with E-state index in [4.69, 9.17) is 4.98 Å². The van der Waals surface area contributed by atoms with Crippen molar-refractivity contribution in [3.05, 3.63) is 99.6 Å². The van der Waals surface area contributed by atoms with Gasteiger partial charge in [-0.1, -0.05) is 79.3 Å². The van der Waals surface area contributed by atoms with E-state index in [9.17, 15) is 10.1 Å². The fourth-order valence-electron chi connectivity index (χ4n) is 3.33. The average molecular weight is 457 g/mol. The summed E-state index contributed by atoms with van der Waals surface area (Å²) >= 11 is 1.46. The van der Waals surface area contributed by atoms with Gasteiger partial charge < -0.3 is 0 Å². The zero-order valence-electron chi connectivity index (χ0n) is 18.6. The summed E-state index contributed by atoms with van der Waals surface area (Å²) in [6.07, 6.45) is 1.77. The number of rotatable bonds is 7. The Kier molecular flexibility index (Phi) is 6.60. The minimum Gasteiger partial charge on any atom is -0.258 e.